The summed E-state index contributed by atoms with van der Waals surface area (Å²) in [4.78, 5) is 19.3. The summed E-state index contributed by atoms with van der Waals surface area (Å²) in [5.41, 5.74) is 0.219. The number of benzene rings is 1. The second kappa shape index (κ2) is 8.50. The molecule has 2 aromatic heterocycles. The molecule has 1 amide bonds. The maximum absolute atomic E-state index is 15.4. The molecule has 0 unspecified atom stereocenters. The Kier molecular flexibility index (Phi) is 5.87. The summed E-state index contributed by atoms with van der Waals surface area (Å²) in [5, 5.41) is 2.50. The van der Waals surface area contributed by atoms with Crippen molar-refractivity contribution in [1.82, 2.24) is 19.9 Å². The molecular weight excluding hydrogens is 459 g/mol. The van der Waals surface area contributed by atoms with Gasteiger partial charge in [-0.1, -0.05) is 0 Å². The SMILES string of the molecule is CNC(=O)c1ncn2c1CC[C@@H](c1c(F)ccc(NS(=O)(=O)c3cc(F)cnc3C)c1F)C2. The van der Waals surface area contributed by atoms with Gasteiger partial charge in [-0.25, -0.2) is 26.6 Å². The maximum atomic E-state index is 15.4. The van der Waals surface area contributed by atoms with Gasteiger partial charge in [0.15, 0.2) is 5.82 Å². The molecule has 4 rings (SSSR count). The van der Waals surface area contributed by atoms with Crippen LogP contribution < -0.4 is 10.0 Å². The first kappa shape index (κ1) is 22.8. The zero-order valence-corrected chi connectivity index (χ0v) is 18.5. The summed E-state index contributed by atoms with van der Waals surface area (Å²) >= 11 is 0. The van der Waals surface area contributed by atoms with Gasteiger partial charge >= 0.3 is 0 Å². The van der Waals surface area contributed by atoms with Gasteiger partial charge in [0.05, 0.1) is 29.6 Å². The lowest BCUT2D eigenvalue weighted by atomic mass is 9.89. The zero-order chi connectivity index (χ0) is 23.9. The molecule has 0 saturated carbocycles. The molecule has 0 saturated heterocycles. The van der Waals surface area contributed by atoms with Crippen LogP contribution in [0.15, 0.2) is 35.6 Å². The third-order valence-electron chi connectivity index (χ3n) is 5.61. The van der Waals surface area contributed by atoms with Crippen LogP contribution in [0.4, 0.5) is 18.9 Å². The number of nitrogens with zero attached hydrogens (tertiary/aromatic N) is 3. The van der Waals surface area contributed by atoms with E-state index in [0.717, 1.165) is 24.4 Å². The van der Waals surface area contributed by atoms with Crippen molar-refractivity contribution in [3.63, 3.8) is 0 Å². The largest absolute Gasteiger partial charge is 0.354 e. The fourth-order valence-electron chi connectivity index (χ4n) is 3.99. The third-order valence-corrected chi connectivity index (χ3v) is 7.09. The van der Waals surface area contributed by atoms with E-state index in [2.05, 4.69) is 20.0 Å². The van der Waals surface area contributed by atoms with Crippen LogP contribution in [0.2, 0.25) is 0 Å². The lowest BCUT2D eigenvalue weighted by Crippen LogP contribution is -2.25. The van der Waals surface area contributed by atoms with Crippen LogP contribution in [0.1, 0.15) is 39.8 Å². The van der Waals surface area contributed by atoms with Crippen LogP contribution in [0.25, 0.3) is 0 Å². The van der Waals surface area contributed by atoms with Crippen molar-refractivity contribution in [1.29, 1.82) is 0 Å². The lowest BCUT2D eigenvalue weighted by molar-refractivity contribution is 0.0957. The van der Waals surface area contributed by atoms with Crippen LogP contribution in [-0.4, -0.2) is 35.9 Å². The Hall–Kier alpha value is -3.41. The number of aromatic nitrogens is 3. The number of nitrogens with one attached hydrogen (secondary N) is 2. The van der Waals surface area contributed by atoms with E-state index in [1.807, 2.05) is 0 Å². The molecule has 1 aromatic carbocycles. The first-order chi connectivity index (χ1) is 15.6. The molecule has 0 fully saturated rings. The molecule has 174 valence electrons. The maximum Gasteiger partial charge on any atom is 0.271 e. The molecule has 1 atom stereocenters. The molecule has 0 radical (unpaired) electrons. The van der Waals surface area contributed by atoms with Gasteiger partial charge < -0.3 is 9.88 Å². The van der Waals surface area contributed by atoms with Crippen molar-refractivity contribution in [2.45, 2.75) is 37.1 Å². The quantitative estimate of drug-likeness (QED) is 0.586. The number of anilines is 1. The number of aryl methyl sites for hydroxylation is 1. The van der Waals surface area contributed by atoms with Crippen molar-refractivity contribution >= 4 is 21.6 Å². The summed E-state index contributed by atoms with van der Waals surface area (Å²) in [6.45, 7) is 1.54. The van der Waals surface area contributed by atoms with E-state index in [0.29, 0.717) is 18.5 Å². The van der Waals surface area contributed by atoms with Crippen LogP contribution in [0.3, 0.4) is 0 Å². The second-order valence-electron chi connectivity index (χ2n) is 7.67. The minimum absolute atomic E-state index is 0.0264. The third kappa shape index (κ3) is 4.17. The number of amides is 1. The molecule has 1 aliphatic heterocycles. The molecule has 3 heterocycles. The summed E-state index contributed by atoms with van der Waals surface area (Å²) < 4.78 is 72.8. The lowest BCUT2D eigenvalue weighted by Gasteiger charge is -2.26. The zero-order valence-electron chi connectivity index (χ0n) is 17.7. The van der Waals surface area contributed by atoms with E-state index in [1.54, 1.807) is 4.57 Å². The molecule has 12 heteroatoms. The number of halogens is 3. The molecule has 1 aliphatic rings. The summed E-state index contributed by atoms with van der Waals surface area (Å²) in [5.74, 6) is -3.71. The normalized spacial score (nSPS) is 15.7. The van der Waals surface area contributed by atoms with E-state index in [4.69, 9.17) is 0 Å². The highest BCUT2D eigenvalue weighted by Gasteiger charge is 2.30. The highest BCUT2D eigenvalue weighted by molar-refractivity contribution is 7.92. The Morgan fingerprint density at radius 3 is 2.70 bits per heavy atom. The molecule has 2 N–H and O–H groups in total. The van der Waals surface area contributed by atoms with E-state index in [-0.39, 0.29) is 29.4 Å². The first-order valence-corrected chi connectivity index (χ1v) is 11.5. The Bertz CT molecular complexity index is 1360. The molecular formula is C21H20F3N5O3S. The summed E-state index contributed by atoms with van der Waals surface area (Å²) in [7, 11) is -2.90. The molecule has 33 heavy (non-hydrogen) atoms. The van der Waals surface area contributed by atoms with Gasteiger partial charge in [0, 0.05) is 25.1 Å². The molecule has 0 bridgehead atoms. The number of hydrogen-bond acceptors (Lipinski definition) is 5. The molecule has 0 spiro atoms. The van der Waals surface area contributed by atoms with Crippen molar-refractivity contribution in [3.8, 4) is 0 Å². The van der Waals surface area contributed by atoms with Crippen molar-refractivity contribution in [2.75, 3.05) is 11.8 Å². The van der Waals surface area contributed by atoms with Crippen LogP contribution in [-0.2, 0) is 23.0 Å². The van der Waals surface area contributed by atoms with Crippen LogP contribution >= 0.6 is 0 Å². The van der Waals surface area contributed by atoms with Gasteiger partial charge in [-0.3, -0.25) is 14.5 Å². The number of carbonyl (C=O) groups is 1. The number of sulfonamides is 1. The first-order valence-electron chi connectivity index (χ1n) is 10.0. The minimum Gasteiger partial charge on any atom is -0.354 e. The Morgan fingerprint density at radius 1 is 1.21 bits per heavy atom. The smallest absolute Gasteiger partial charge is 0.271 e. The van der Waals surface area contributed by atoms with Gasteiger partial charge in [-0.2, -0.15) is 0 Å². The van der Waals surface area contributed by atoms with Gasteiger partial charge in [0.25, 0.3) is 15.9 Å². The number of carbonyl (C=O) groups excluding carboxylic acids is 1. The highest BCUT2D eigenvalue weighted by atomic mass is 32.2. The Labute approximate surface area is 187 Å². The van der Waals surface area contributed by atoms with Gasteiger partial charge in [-0.15, -0.1) is 0 Å². The molecule has 3 aromatic rings. The Balaban J connectivity index is 1.66. The van der Waals surface area contributed by atoms with Gasteiger partial charge in [0.2, 0.25) is 0 Å². The number of hydrogen-bond donors (Lipinski definition) is 2. The fourth-order valence-corrected chi connectivity index (χ4v) is 5.26. The summed E-state index contributed by atoms with van der Waals surface area (Å²) in [6, 6.07) is 2.73. The average molecular weight is 479 g/mol. The average Bonchev–Trinajstić information content (AvgIpc) is 3.20. The predicted octanol–water partition coefficient (Wildman–Crippen LogP) is 2.89. The molecule has 8 nitrogen and oxygen atoms in total. The van der Waals surface area contributed by atoms with Crippen LogP contribution in [0, 0.1) is 24.4 Å². The van der Waals surface area contributed by atoms with E-state index in [9.17, 15) is 22.0 Å². The topological polar surface area (TPSA) is 106 Å². The van der Waals surface area contributed by atoms with Crippen molar-refractivity contribution in [3.05, 3.63) is 70.8 Å². The van der Waals surface area contributed by atoms with E-state index in [1.165, 1.54) is 20.3 Å². The van der Waals surface area contributed by atoms with Crippen molar-refractivity contribution < 1.29 is 26.4 Å². The van der Waals surface area contributed by atoms with E-state index >= 15 is 4.39 Å². The van der Waals surface area contributed by atoms with E-state index < -0.39 is 44.0 Å². The monoisotopic (exact) mass is 479 g/mol. The summed E-state index contributed by atoms with van der Waals surface area (Å²) in [6.07, 6.45) is 2.99. The fraction of sp³-hybridized carbons (Fsp3) is 0.286. The van der Waals surface area contributed by atoms with Crippen molar-refractivity contribution in [2.24, 2.45) is 0 Å². The minimum atomic E-state index is -4.38. The van der Waals surface area contributed by atoms with Gasteiger partial charge in [-0.05, 0) is 38.0 Å². The highest BCUT2D eigenvalue weighted by Crippen LogP contribution is 2.36. The number of fused-ring (bicyclic) bond motifs is 1. The van der Waals surface area contributed by atoms with Crippen LogP contribution in [0.5, 0.6) is 0 Å². The standard InChI is InChI=1S/C21H20F3N5O3S/c1-11-17(7-13(22)8-26-11)33(31,32)28-15-5-4-14(23)18(19(15)24)12-3-6-16-20(21(30)25-2)27-10-29(16)9-12/h4-5,7-8,10,12,28H,3,6,9H2,1-2H3,(H,25,30)/t12-/m1/s1. The number of rotatable bonds is 5. The van der Waals surface area contributed by atoms with Gasteiger partial charge in [0.1, 0.15) is 22.2 Å². The number of pyridine rings is 1. The second-order valence-corrected chi connectivity index (χ2v) is 9.32. The number of imidazole rings is 1. The molecule has 0 aliphatic carbocycles. The predicted molar refractivity (Wildman–Crippen MR) is 113 cm³/mol. The Morgan fingerprint density at radius 2 is 1.97 bits per heavy atom.